The summed E-state index contributed by atoms with van der Waals surface area (Å²) in [5.41, 5.74) is 7.05. The number of hydrogen-bond donors (Lipinski definition) is 1. The lowest BCUT2D eigenvalue weighted by atomic mass is 10.1. The van der Waals surface area contributed by atoms with Crippen LogP contribution in [-0.4, -0.2) is 23.8 Å². The van der Waals surface area contributed by atoms with E-state index in [-0.39, 0.29) is 6.04 Å². The Hall–Kier alpha value is -0.800. The molecule has 86 valence electrons. The summed E-state index contributed by atoms with van der Waals surface area (Å²) < 4.78 is 7.59. The molecule has 0 fully saturated rings. The molecule has 0 spiro atoms. The summed E-state index contributed by atoms with van der Waals surface area (Å²) in [6.45, 7) is 6.73. The molecule has 1 heterocycles. The first kappa shape index (κ1) is 12.3. The van der Waals surface area contributed by atoms with Gasteiger partial charge in [0.05, 0.1) is 6.61 Å². The van der Waals surface area contributed by atoms with Crippen LogP contribution in [0.1, 0.15) is 25.8 Å². The van der Waals surface area contributed by atoms with Crippen LogP contribution in [0.4, 0.5) is 0 Å². The van der Waals surface area contributed by atoms with Gasteiger partial charge in [-0.3, -0.25) is 0 Å². The highest BCUT2D eigenvalue weighted by atomic mass is 16.5. The molecule has 0 bridgehead atoms. The highest BCUT2D eigenvalue weighted by Gasteiger charge is 2.00. The molecule has 0 saturated heterocycles. The maximum Gasteiger partial charge on any atom is 0.0645 e. The van der Waals surface area contributed by atoms with Crippen LogP contribution in [0.15, 0.2) is 18.5 Å². The second kappa shape index (κ2) is 6.64. The van der Waals surface area contributed by atoms with Crippen molar-refractivity contribution >= 4 is 0 Å². The van der Waals surface area contributed by atoms with Crippen molar-refractivity contribution in [1.29, 1.82) is 0 Å². The van der Waals surface area contributed by atoms with E-state index in [0.717, 1.165) is 32.6 Å². The predicted molar refractivity (Wildman–Crippen MR) is 62.9 cm³/mol. The zero-order valence-electron chi connectivity index (χ0n) is 9.78. The van der Waals surface area contributed by atoms with E-state index in [0.29, 0.717) is 0 Å². The minimum absolute atomic E-state index is 0.234. The van der Waals surface area contributed by atoms with Gasteiger partial charge in [-0.05, 0) is 31.4 Å². The van der Waals surface area contributed by atoms with E-state index < -0.39 is 0 Å². The molecule has 0 amide bonds. The predicted octanol–water partition coefficient (Wildman–Crippen LogP) is 1.80. The van der Waals surface area contributed by atoms with Gasteiger partial charge in [0.25, 0.3) is 0 Å². The summed E-state index contributed by atoms with van der Waals surface area (Å²) in [7, 11) is 0. The molecule has 1 atom stereocenters. The second-order valence-corrected chi connectivity index (χ2v) is 4.05. The number of aromatic nitrogens is 1. The van der Waals surface area contributed by atoms with Crippen molar-refractivity contribution < 1.29 is 4.74 Å². The number of nitrogens with two attached hydrogens (primary N) is 1. The van der Waals surface area contributed by atoms with Crippen molar-refractivity contribution in [3.05, 3.63) is 24.0 Å². The molecule has 15 heavy (non-hydrogen) atoms. The van der Waals surface area contributed by atoms with Gasteiger partial charge in [-0.2, -0.15) is 0 Å². The lowest BCUT2D eigenvalue weighted by Crippen LogP contribution is -2.17. The van der Waals surface area contributed by atoms with Gasteiger partial charge in [-0.1, -0.05) is 6.92 Å². The molecule has 3 heteroatoms. The first-order valence-corrected chi connectivity index (χ1v) is 5.70. The standard InChI is InChI=1S/C12H22N2O/c1-3-7-15-8-6-14-5-4-12(10-14)9-11(2)13/h4-5,10-11H,3,6-9,13H2,1-2H3. The Bertz CT molecular complexity index is 268. The molecule has 3 nitrogen and oxygen atoms in total. The van der Waals surface area contributed by atoms with Crippen molar-refractivity contribution in [1.82, 2.24) is 4.57 Å². The number of ether oxygens (including phenoxy) is 1. The second-order valence-electron chi connectivity index (χ2n) is 4.05. The first-order chi connectivity index (χ1) is 7.22. The Labute approximate surface area is 92.2 Å². The van der Waals surface area contributed by atoms with Gasteiger partial charge in [0.2, 0.25) is 0 Å². The van der Waals surface area contributed by atoms with Crippen LogP contribution in [0.2, 0.25) is 0 Å². The van der Waals surface area contributed by atoms with E-state index in [1.807, 2.05) is 6.92 Å². The lowest BCUT2D eigenvalue weighted by molar-refractivity contribution is 0.127. The zero-order chi connectivity index (χ0) is 11.1. The van der Waals surface area contributed by atoms with Crippen molar-refractivity contribution in [2.75, 3.05) is 13.2 Å². The summed E-state index contributed by atoms with van der Waals surface area (Å²) in [5.74, 6) is 0. The molecule has 0 aromatic carbocycles. The van der Waals surface area contributed by atoms with Crippen LogP contribution in [0.3, 0.4) is 0 Å². The minimum atomic E-state index is 0.234. The van der Waals surface area contributed by atoms with E-state index in [2.05, 4.69) is 30.0 Å². The molecule has 0 radical (unpaired) electrons. The van der Waals surface area contributed by atoms with Crippen molar-refractivity contribution in [2.24, 2.45) is 5.73 Å². The van der Waals surface area contributed by atoms with Crippen molar-refractivity contribution in [2.45, 2.75) is 39.3 Å². The lowest BCUT2D eigenvalue weighted by Gasteiger charge is -2.04. The molecule has 2 N–H and O–H groups in total. The molecule has 0 saturated carbocycles. The third kappa shape index (κ3) is 5.00. The third-order valence-electron chi connectivity index (χ3n) is 2.21. The van der Waals surface area contributed by atoms with Gasteiger partial charge in [-0.15, -0.1) is 0 Å². The molecule has 0 aliphatic heterocycles. The summed E-state index contributed by atoms with van der Waals surface area (Å²) in [4.78, 5) is 0. The van der Waals surface area contributed by atoms with Crippen molar-refractivity contribution in [3.8, 4) is 0 Å². The van der Waals surface area contributed by atoms with Crippen LogP contribution >= 0.6 is 0 Å². The molecular weight excluding hydrogens is 188 g/mol. The Kier molecular flexibility index (Phi) is 5.43. The maximum atomic E-state index is 5.74. The molecule has 1 aromatic heterocycles. The van der Waals surface area contributed by atoms with E-state index >= 15 is 0 Å². The van der Waals surface area contributed by atoms with Gasteiger partial charge < -0.3 is 15.0 Å². The summed E-state index contributed by atoms with van der Waals surface area (Å²) in [6, 6.07) is 2.36. The smallest absolute Gasteiger partial charge is 0.0645 e. The third-order valence-corrected chi connectivity index (χ3v) is 2.21. The van der Waals surface area contributed by atoms with E-state index in [1.54, 1.807) is 0 Å². The fourth-order valence-electron chi connectivity index (χ4n) is 1.54. The average molecular weight is 210 g/mol. The zero-order valence-corrected chi connectivity index (χ0v) is 9.78. The number of hydrogen-bond acceptors (Lipinski definition) is 2. The topological polar surface area (TPSA) is 40.2 Å². The van der Waals surface area contributed by atoms with Crippen LogP contribution in [0, 0.1) is 0 Å². The molecule has 1 aromatic rings. The van der Waals surface area contributed by atoms with Gasteiger partial charge in [0, 0.05) is 31.6 Å². The minimum Gasteiger partial charge on any atom is -0.380 e. The van der Waals surface area contributed by atoms with Gasteiger partial charge in [0.1, 0.15) is 0 Å². The van der Waals surface area contributed by atoms with Gasteiger partial charge in [-0.25, -0.2) is 0 Å². The molecule has 0 aliphatic carbocycles. The normalized spacial score (nSPS) is 13.0. The number of nitrogens with zero attached hydrogens (tertiary/aromatic N) is 1. The molecular formula is C12H22N2O. The maximum absolute atomic E-state index is 5.74. The van der Waals surface area contributed by atoms with Gasteiger partial charge in [0.15, 0.2) is 0 Å². The highest BCUT2D eigenvalue weighted by Crippen LogP contribution is 2.04. The Morgan fingerprint density at radius 2 is 2.27 bits per heavy atom. The van der Waals surface area contributed by atoms with Crippen molar-refractivity contribution in [3.63, 3.8) is 0 Å². The first-order valence-electron chi connectivity index (χ1n) is 5.70. The van der Waals surface area contributed by atoms with E-state index in [9.17, 15) is 0 Å². The van der Waals surface area contributed by atoms with Gasteiger partial charge >= 0.3 is 0 Å². The fourth-order valence-corrected chi connectivity index (χ4v) is 1.54. The number of rotatable bonds is 7. The van der Waals surface area contributed by atoms with E-state index in [1.165, 1.54) is 5.56 Å². The summed E-state index contributed by atoms with van der Waals surface area (Å²) in [5, 5.41) is 0. The summed E-state index contributed by atoms with van der Waals surface area (Å²) >= 11 is 0. The van der Waals surface area contributed by atoms with Crippen LogP contribution in [0.5, 0.6) is 0 Å². The van der Waals surface area contributed by atoms with Crippen LogP contribution < -0.4 is 5.73 Å². The van der Waals surface area contributed by atoms with E-state index in [4.69, 9.17) is 10.5 Å². The van der Waals surface area contributed by atoms with Crippen LogP contribution in [-0.2, 0) is 17.7 Å². The Morgan fingerprint density at radius 1 is 1.47 bits per heavy atom. The monoisotopic (exact) mass is 210 g/mol. The summed E-state index contributed by atoms with van der Waals surface area (Å²) in [6.07, 6.45) is 6.27. The SMILES string of the molecule is CCCOCCn1ccc(CC(C)N)c1. The molecule has 1 rings (SSSR count). The van der Waals surface area contributed by atoms with Crippen LogP contribution in [0.25, 0.3) is 0 Å². The fraction of sp³-hybridized carbons (Fsp3) is 0.667. The Morgan fingerprint density at radius 3 is 2.93 bits per heavy atom. The quantitative estimate of drug-likeness (QED) is 0.697. The largest absolute Gasteiger partial charge is 0.380 e. The highest BCUT2D eigenvalue weighted by molar-refractivity contribution is 5.11. The molecule has 1 unspecified atom stereocenters. The Balaban J connectivity index is 2.26. The molecule has 0 aliphatic rings. The average Bonchev–Trinajstić information content (AvgIpc) is 2.59.